The number of thioether (sulfide) groups is 1. The average Bonchev–Trinajstić information content (AvgIpc) is 2.46. The van der Waals surface area contributed by atoms with Gasteiger partial charge >= 0.3 is 5.97 Å². The highest BCUT2D eigenvalue weighted by molar-refractivity contribution is 9.10. The molecule has 0 radical (unpaired) electrons. The molecule has 0 bridgehead atoms. The van der Waals surface area contributed by atoms with Crippen LogP contribution in [0.1, 0.15) is 33.6 Å². The maximum absolute atomic E-state index is 12.1. The lowest BCUT2D eigenvalue weighted by atomic mass is 9.96. The maximum atomic E-state index is 12.1. The fourth-order valence-corrected chi connectivity index (χ4v) is 3.65. The third-order valence-electron chi connectivity index (χ3n) is 3.25. The number of nitrogens with one attached hydrogen (secondary N) is 1. The van der Waals surface area contributed by atoms with Crippen LogP contribution in [0, 0.1) is 0 Å². The number of carbonyl (C=O) groups excluding carboxylic acids is 1. The molecule has 0 aliphatic carbocycles. The molecule has 5 heteroatoms. The second-order valence-electron chi connectivity index (χ2n) is 5.34. The van der Waals surface area contributed by atoms with Crippen molar-refractivity contribution in [1.82, 2.24) is 5.32 Å². The van der Waals surface area contributed by atoms with Crippen LogP contribution in [0.2, 0.25) is 0 Å². The summed E-state index contributed by atoms with van der Waals surface area (Å²) in [5.74, 6) is -0.195. The molecule has 1 N–H and O–H groups in total. The molecular formula is C16H24BrNO2S. The van der Waals surface area contributed by atoms with E-state index in [4.69, 9.17) is 4.74 Å². The summed E-state index contributed by atoms with van der Waals surface area (Å²) in [4.78, 5) is 13.3. The van der Waals surface area contributed by atoms with E-state index >= 15 is 0 Å². The van der Waals surface area contributed by atoms with E-state index in [1.54, 1.807) is 11.8 Å². The highest BCUT2D eigenvalue weighted by Gasteiger charge is 2.35. The van der Waals surface area contributed by atoms with Crippen molar-refractivity contribution in [1.29, 1.82) is 0 Å². The Kier molecular flexibility index (Phi) is 7.77. The number of halogens is 1. The number of ether oxygens (including phenoxy) is 1. The zero-order valence-electron chi connectivity index (χ0n) is 13.1. The third-order valence-corrected chi connectivity index (χ3v) is 4.89. The summed E-state index contributed by atoms with van der Waals surface area (Å²) >= 11 is 5.21. The first kappa shape index (κ1) is 18.5. The Labute approximate surface area is 140 Å². The van der Waals surface area contributed by atoms with Crippen LogP contribution in [0.3, 0.4) is 0 Å². The molecule has 118 valence electrons. The summed E-state index contributed by atoms with van der Waals surface area (Å²) in [6.45, 7) is 6.96. The fourth-order valence-electron chi connectivity index (χ4n) is 2.22. The number of methoxy groups -OCH3 is 1. The average molecular weight is 374 g/mol. The zero-order valence-corrected chi connectivity index (χ0v) is 15.5. The quantitative estimate of drug-likeness (QED) is 0.545. The number of hydrogen-bond acceptors (Lipinski definition) is 4. The predicted octanol–water partition coefficient (Wildman–Crippen LogP) is 4.25. The molecule has 1 rings (SSSR count). The van der Waals surface area contributed by atoms with Crippen LogP contribution in [0.5, 0.6) is 0 Å². The molecule has 0 spiro atoms. The minimum Gasteiger partial charge on any atom is -0.468 e. The fraction of sp³-hybridized carbons (Fsp3) is 0.562. The van der Waals surface area contributed by atoms with Gasteiger partial charge in [0.05, 0.1) is 7.11 Å². The van der Waals surface area contributed by atoms with Crippen LogP contribution in [0.4, 0.5) is 0 Å². The SMILES string of the molecule is CCCNC(C)(CC(C)Sc1ccc(Br)cc1)C(=O)OC. The van der Waals surface area contributed by atoms with Gasteiger partial charge in [0.15, 0.2) is 0 Å². The van der Waals surface area contributed by atoms with Crippen molar-refractivity contribution in [3.05, 3.63) is 28.7 Å². The Morgan fingerprint density at radius 1 is 1.43 bits per heavy atom. The van der Waals surface area contributed by atoms with Crippen LogP contribution in [-0.2, 0) is 9.53 Å². The monoisotopic (exact) mass is 373 g/mol. The van der Waals surface area contributed by atoms with E-state index in [9.17, 15) is 4.79 Å². The predicted molar refractivity (Wildman–Crippen MR) is 92.8 cm³/mol. The Hall–Kier alpha value is -0.520. The van der Waals surface area contributed by atoms with Gasteiger partial charge in [-0.25, -0.2) is 0 Å². The highest BCUT2D eigenvalue weighted by atomic mass is 79.9. The Morgan fingerprint density at radius 3 is 2.57 bits per heavy atom. The van der Waals surface area contributed by atoms with Gasteiger partial charge in [-0.3, -0.25) is 4.79 Å². The van der Waals surface area contributed by atoms with Gasteiger partial charge in [-0.15, -0.1) is 11.8 Å². The molecule has 1 aromatic carbocycles. The van der Waals surface area contributed by atoms with Crippen LogP contribution in [-0.4, -0.2) is 30.4 Å². The van der Waals surface area contributed by atoms with Crippen molar-refractivity contribution in [2.75, 3.05) is 13.7 Å². The van der Waals surface area contributed by atoms with E-state index in [0.29, 0.717) is 5.25 Å². The summed E-state index contributed by atoms with van der Waals surface area (Å²) in [6.07, 6.45) is 1.71. The van der Waals surface area contributed by atoms with Crippen LogP contribution >= 0.6 is 27.7 Å². The number of benzene rings is 1. The van der Waals surface area contributed by atoms with Gasteiger partial charge in [-0.05, 0) is 50.6 Å². The molecule has 0 saturated carbocycles. The molecule has 0 heterocycles. The Morgan fingerprint density at radius 2 is 2.05 bits per heavy atom. The van der Waals surface area contributed by atoms with Crippen molar-refractivity contribution in [2.24, 2.45) is 0 Å². The lowest BCUT2D eigenvalue weighted by Crippen LogP contribution is -2.51. The van der Waals surface area contributed by atoms with E-state index in [0.717, 1.165) is 23.9 Å². The van der Waals surface area contributed by atoms with E-state index < -0.39 is 5.54 Å². The zero-order chi connectivity index (χ0) is 15.9. The molecule has 0 aliphatic rings. The Bertz CT molecular complexity index is 452. The second kappa shape index (κ2) is 8.81. The molecular weight excluding hydrogens is 350 g/mol. The van der Waals surface area contributed by atoms with E-state index in [1.807, 2.05) is 19.1 Å². The smallest absolute Gasteiger partial charge is 0.325 e. The lowest BCUT2D eigenvalue weighted by molar-refractivity contribution is -0.148. The molecule has 21 heavy (non-hydrogen) atoms. The summed E-state index contributed by atoms with van der Waals surface area (Å²) in [5, 5.41) is 3.63. The molecule has 0 amide bonds. The second-order valence-corrected chi connectivity index (χ2v) is 7.76. The van der Waals surface area contributed by atoms with Crippen LogP contribution < -0.4 is 5.32 Å². The third kappa shape index (κ3) is 6.01. The van der Waals surface area contributed by atoms with Gasteiger partial charge in [0.25, 0.3) is 0 Å². The van der Waals surface area contributed by atoms with Crippen molar-refractivity contribution in [3.63, 3.8) is 0 Å². The van der Waals surface area contributed by atoms with Crippen molar-refractivity contribution < 1.29 is 9.53 Å². The normalized spacial score (nSPS) is 15.3. The lowest BCUT2D eigenvalue weighted by Gasteiger charge is -2.30. The molecule has 3 nitrogen and oxygen atoms in total. The minimum atomic E-state index is -0.632. The summed E-state index contributed by atoms with van der Waals surface area (Å²) in [7, 11) is 1.45. The van der Waals surface area contributed by atoms with Crippen molar-refractivity contribution >= 4 is 33.7 Å². The minimum absolute atomic E-state index is 0.195. The molecule has 2 unspecified atom stereocenters. The summed E-state index contributed by atoms with van der Waals surface area (Å²) in [6, 6.07) is 8.23. The van der Waals surface area contributed by atoms with Gasteiger partial charge in [-0.2, -0.15) is 0 Å². The van der Waals surface area contributed by atoms with Gasteiger partial charge in [-0.1, -0.05) is 29.8 Å². The molecule has 2 atom stereocenters. The topological polar surface area (TPSA) is 38.3 Å². The Balaban J connectivity index is 2.68. The van der Waals surface area contributed by atoms with Gasteiger partial charge in [0, 0.05) is 14.6 Å². The summed E-state index contributed by atoms with van der Waals surface area (Å²) < 4.78 is 6.04. The van der Waals surface area contributed by atoms with E-state index in [2.05, 4.69) is 47.2 Å². The first-order valence-electron chi connectivity index (χ1n) is 7.17. The standard InChI is InChI=1S/C16H24BrNO2S/c1-5-10-18-16(3,15(19)20-4)11-12(2)21-14-8-6-13(17)7-9-14/h6-9,12,18H,5,10-11H2,1-4H3. The van der Waals surface area contributed by atoms with E-state index in [-0.39, 0.29) is 5.97 Å². The molecule has 0 aliphatic heterocycles. The number of hydrogen-bond donors (Lipinski definition) is 1. The molecule has 0 aromatic heterocycles. The maximum Gasteiger partial charge on any atom is 0.325 e. The largest absolute Gasteiger partial charge is 0.468 e. The molecule has 1 aromatic rings. The van der Waals surface area contributed by atoms with Gasteiger partial charge < -0.3 is 10.1 Å². The van der Waals surface area contributed by atoms with Crippen LogP contribution in [0.25, 0.3) is 0 Å². The van der Waals surface area contributed by atoms with Gasteiger partial charge in [0.1, 0.15) is 5.54 Å². The molecule has 0 fully saturated rings. The van der Waals surface area contributed by atoms with Crippen molar-refractivity contribution in [3.8, 4) is 0 Å². The van der Waals surface area contributed by atoms with Crippen LogP contribution in [0.15, 0.2) is 33.6 Å². The number of carbonyl (C=O) groups is 1. The first-order chi connectivity index (χ1) is 9.91. The number of esters is 1. The molecule has 0 saturated heterocycles. The highest BCUT2D eigenvalue weighted by Crippen LogP contribution is 2.30. The van der Waals surface area contributed by atoms with Crippen molar-refractivity contribution in [2.45, 2.75) is 49.3 Å². The van der Waals surface area contributed by atoms with E-state index in [1.165, 1.54) is 12.0 Å². The summed E-state index contributed by atoms with van der Waals surface area (Å²) in [5.41, 5.74) is -0.632. The first-order valence-corrected chi connectivity index (χ1v) is 8.84. The van der Waals surface area contributed by atoms with Gasteiger partial charge in [0.2, 0.25) is 0 Å². The number of rotatable bonds is 8.